The van der Waals surface area contributed by atoms with Crippen molar-refractivity contribution >= 4 is 57.2 Å². The van der Waals surface area contributed by atoms with E-state index in [0.29, 0.717) is 21.7 Å². The molecule has 3 rings (SSSR count). The quantitative estimate of drug-likeness (QED) is 0.445. The second-order valence-electron chi connectivity index (χ2n) is 6.38. The largest absolute Gasteiger partial charge is 0.399 e. The Kier molecular flexibility index (Phi) is 6.78. The number of nitrogens with two attached hydrogens (primary N) is 1. The van der Waals surface area contributed by atoms with Gasteiger partial charge in [0.25, 0.3) is 0 Å². The summed E-state index contributed by atoms with van der Waals surface area (Å²) in [5, 5.41) is 8.48. The average Bonchev–Trinajstić information content (AvgIpc) is 2.68. The van der Waals surface area contributed by atoms with Crippen molar-refractivity contribution in [1.82, 2.24) is 14.9 Å². The van der Waals surface area contributed by atoms with Gasteiger partial charge in [0.15, 0.2) is 0 Å². The van der Waals surface area contributed by atoms with Gasteiger partial charge in [-0.05, 0) is 49.5 Å². The highest BCUT2D eigenvalue weighted by atomic mass is 35.5. The number of rotatable bonds is 8. The van der Waals surface area contributed by atoms with Gasteiger partial charge in [-0.2, -0.15) is 4.98 Å². The Morgan fingerprint density at radius 3 is 2.50 bits per heavy atom. The first-order chi connectivity index (χ1) is 13.5. The number of aromatic nitrogens is 2. The average molecular weight is 419 g/mol. The van der Waals surface area contributed by atoms with Crippen molar-refractivity contribution < 1.29 is 0 Å². The number of hydrogen-bond donors (Lipinski definition) is 3. The number of hydrogen-bond acceptors (Lipinski definition) is 6. The molecule has 0 amide bonds. The predicted octanol–water partition coefficient (Wildman–Crippen LogP) is 5.02. The molecule has 0 atom stereocenters. The third-order valence-corrected chi connectivity index (χ3v) is 5.25. The molecule has 2 aromatic carbocycles. The first-order valence-electron chi connectivity index (χ1n) is 9.25. The van der Waals surface area contributed by atoms with Gasteiger partial charge in [-0.3, -0.25) is 0 Å². The summed E-state index contributed by atoms with van der Waals surface area (Å²) >= 11 is 12.1. The Labute approximate surface area is 175 Å². The van der Waals surface area contributed by atoms with E-state index in [1.54, 1.807) is 12.1 Å². The third kappa shape index (κ3) is 4.95. The van der Waals surface area contributed by atoms with E-state index in [4.69, 9.17) is 28.9 Å². The second kappa shape index (κ2) is 9.28. The van der Waals surface area contributed by atoms with Crippen LogP contribution in [0.4, 0.5) is 23.1 Å². The number of nitrogen functional groups attached to an aromatic ring is 1. The third-order valence-electron chi connectivity index (χ3n) is 4.51. The van der Waals surface area contributed by atoms with Crippen molar-refractivity contribution in [2.75, 3.05) is 42.5 Å². The molecule has 0 fully saturated rings. The lowest BCUT2D eigenvalue weighted by Crippen LogP contribution is -2.28. The summed E-state index contributed by atoms with van der Waals surface area (Å²) in [5.74, 6) is 1.22. The van der Waals surface area contributed by atoms with Crippen LogP contribution in [-0.2, 0) is 0 Å². The zero-order valence-electron chi connectivity index (χ0n) is 16.0. The molecule has 6 nitrogen and oxygen atoms in total. The lowest BCUT2D eigenvalue weighted by molar-refractivity contribution is 0.316. The number of benzene rings is 2. The minimum absolute atomic E-state index is 0.470. The number of nitrogens with one attached hydrogen (secondary N) is 2. The van der Waals surface area contributed by atoms with Gasteiger partial charge in [0.1, 0.15) is 5.82 Å². The SMILES string of the molecule is CCN(CC)CCNc1nc(Nc2ccc(Cl)c(Cl)c2)nc2ccc(N)cc12. The van der Waals surface area contributed by atoms with E-state index >= 15 is 0 Å². The maximum atomic E-state index is 6.11. The van der Waals surface area contributed by atoms with E-state index in [0.717, 1.165) is 48.6 Å². The Bertz CT molecular complexity index is 959. The molecule has 0 saturated heterocycles. The van der Waals surface area contributed by atoms with Crippen molar-refractivity contribution in [1.29, 1.82) is 0 Å². The van der Waals surface area contributed by atoms with Gasteiger partial charge in [-0.1, -0.05) is 37.0 Å². The summed E-state index contributed by atoms with van der Waals surface area (Å²) in [4.78, 5) is 11.6. The van der Waals surface area contributed by atoms with Gasteiger partial charge < -0.3 is 21.3 Å². The fourth-order valence-corrected chi connectivity index (χ4v) is 3.21. The number of halogens is 2. The molecule has 0 bridgehead atoms. The zero-order valence-corrected chi connectivity index (χ0v) is 17.5. The van der Waals surface area contributed by atoms with E-state index in [-0.39, 0.29) is 0 Å². The number of nitrogens with zero attached hydrogens (tertiary/aromatic N) is 3. The number of fused-ring (bicyclic) bond motifs is 1. The van der Waals surface area contributed by atoms with Crippen LogP contribution in [0.15, 0.2) is 36.4 Å². The van der Waals surface area contributed by atoms with Crippen molar-refractivity contribution in [3.8, 4) is 0 Å². The van der Waals surface area contributed by atoms with Gasteiger partial charge in [0.05, 0.1) is 15.6 Å². The summed E-state index contributed by atoms with van der Waals surface area (Å²) in [6.45, 7) is 8.04. The first kappa shape index (κ1) is 20.5. The summed E-state index contributed by atoms with van der Waals surface area (Å²) in [6, 6.07) is 10.9. The van der Waals surface area contributed by atoms with Gasteiger partial charge in [0, 0.05) is 29.9 Å². The Morgan fingerprint density at radius 1 is 1.00 bits per heavy atom. The summed E-state index contributed by atoms with van der Waals surface area (Å²) in [6.07, 6.45) is 0. The van der Waals surface area contributed by atoms with Crippen molar-refractivity contribution in [2.45, 2.75) is 13.8 Å². The summed E-state index contributed by atoms with van der Waals surface area (Å²) < 4.78 is 0. The van der Waals surface area contributed by atoms with Crippen molar-refractivity contribution in [2.24, 2.45) is 0 Å². The Morgan fingerprint density at radius 2 is 1.79 bits per heavy atom. The molecule has 4 N–H and O–H groups in total. The van der Waals surface area contributed by atoms with Gasteiger partial charge in [0.2, 0.25) is 5.95 Å². The molecular formula is C20H24Cl2N6. The van der Waals surface area contributed by atoms with Crippen molar-refractivity contribution in [3.05, 3.63) is 46.4 Å². The smallest absolute Gasteiger partial charge is 0.229 e. The highest BCUT2D eigenvalue weighted by Gasteiger charge is 2.10. The van der Waals surface area contributed by atoms with Crippen LogP contribution in [0.1, 0.15) is 13.8 Å². The van der Waals surface area contributed by atoms with Crippen LogP contribution in [-0.4, -0.2) is 41.0 Å². The minimum atomic E-state index is 0.470. The minimum Gasteiger partial charge on any atom is -0.399 e. The molecule has 0 aliphatic carbocycles. The maximum absolute atomic E-state index is 6.11. The molecule has 1 aromatic heterocycles. The predicted molar refractivity (Wildman–Crippen MR) is 120 cm³/mol. The molecule has 28 heavy (non-hydrogen) atoms. The molecular weight excluding hydrogens is 395 g/mol. The van der Waals surface area contributed by atoms with Gasteiger partial charge >= 0.3 is 0 Å². The monoisotopic (exact) mass is 418 g/mol. The molecule has 1 heterocycles. The van der Waals surface area contributed by atoms with Crippen LogP contribution in [0.3, 0.4) is 0 Å². The topological polar surface area (TPSA) is 79.1 Å². The highest BCUT2D eigenvalue weighted by Crippen LogP contribution is 2.28. The van der Waals surface area contributed by atoms with Crippen LogP contribution in [0, 0.1) is 0 Å². The first-order valence-corrected chi connectivity index (χ1v) is 10.0. The Balaban J connectivity index is 1.88. The van der Waals surface area contributed by atoms with Crippen LogP contribution in [0.25, 0.3) is 10.9 Å². The number of likely N-dealkylation sites (N-methyl/N-ethyl adjacent to an activating group) is 1. The highest BCUT2D eigenvalue weighted by molar-refractivity contribution is 6.42. The van der Waals surface area contributed by atoms with E-state index in [9.17, 15) is 0 Å². The molecule has 0 aliphatic rings. The van der Waals surface area contributed by atoms with Gasteiger partial charge in [-0.25, -0.2) is 4.98 Å². The van der Waals surface area contributed by atoms with E-state index in [2.05, 4.69) is 39.3 Å². The molecule has 0 radical (unpaired) electrons. The van der Waals surface area contributed by atoms with E-state index in [1.165, 1.54) is 0 Å². The standard InChI is InChI=1S/C20H24Cl2N6/c1-3-28(4-2)10-9-24-19-15-11-13(23)5-8-18(15)26-20(27-19)25-14-6-7-16(21)17(22)12-14/h5-8,11-12H,3-4,9-10,23H2,1-2H3,(H2,24,25,26,27). The van der Waals surface area contributed by atoms with Crippen LogP contribution < -0.4 is 16.4 Å². The second-order valence-corrected chi connectivity index (χ2v) is 7.19. The fourth-order valence-electron chi connectivity index (χ4n) is 2.91. The van der Waals surface area contributed by atoms with E-state index in [1.807, 2.05) is 24.3 Å². The summed E-state index contributed by atoms with van der Waals surface area (Å²) in [7, 11) is 0. The summed E-state index contributed by atoms with van der Waals surface area (Å²) in [5.41, 5.74) is 8.21. The van der Waals surface area contributed by atoms with Crippen LogP contribution in [0.2, 0.25) is 10.0 Å². The Hall–Kier alpha value is -2.28. The normalized spacial score (nSPS) is 11.2. The van der Waals surface area contributed by atoms with Crippen LogP contribution in [0.5, 0.6) is 0 Å². The molecule has 0 saturated carbocycles. The maximum Gasteiger partial charge on any atom is 0.229 e. The zero-order chi connectivity index (χ0) is 20.1. The van der Waals surface area contributed by atoms with E-state index < -0.39 is 0 Å². The molecule has 8 heteroatoms. The number of anilines is 4. The lowest BCUT2D eigenvalue weighted by Gasteiger charge is -2.19. The molecule has 0 aliphatic heterocycles. The lowest BCUT2D eigenvalue weighted by atomic mass is 10.2. The van der Waals surface area contributed by atoms with Gasteiger partial charge in [-0.15, -0.1) is 0 Å². The van der Waals surface area contributed by atoms with Crippen molar-refractivity contribution in [3.63, 3.8) is 0 Å². The molecule has 148 valence electrons. The molecule has 3 aromatic rings. The fraction of sp³-hybridized carbons (Fsp3) is 0.300. The van der Waals surface area contributed by atoms with Crippen LogP contribution >= 0.6 is 23.2 Å². The molecule has 0 spiro atoms. The molecule has 0 unspecified atom stereocenters.